The summed E-state index contributed by atoms with van der Waals surface area (Å²) in [5.74, 6) is -0.252. The van der Waals surface area contributed by atoms with Gasteiger partial charge in [-0.15, -0.1) is 0 Å². The van der Waals surface area contributed by atoms with Crippen LogP contribution >= 0.6 is 0 Å². The van der Waals surface area contributed by atoms with Crippen LogP contribution in [-0.4, -0.2) is 41.0 Å². The molecule has 3 aromatic carbocycles. The maximum absolute atomic E-state index is 15.6. The second kappa shape index (κ2) is 11.2. The summed E-state index contributed by atoms with van der Waals surface area (Å²) >= 11 is 0. The highest BCUT2D eigenvalue weighted by Gasteiger charge is 2.32. The van der Waals surface area contributed by atoms with Gasteiger partial charge < -0.3 is 18.7 Å². The van der Waals surface area contributed by atoms with Crippen LogP contribution in [-0.2, 0) is 16.3 Å². The van der Waals surface area contributed by atoms with E-state index in [4.69, 9.17) is 9.26 Å². The molecular weight excluding hydrogens is 576 g/mol. The number of morpholine rings is 1. The van der Waals surface area contributed by atoms with Crippen LogP contribution in [0.2, 0.25) is 0 Å². The molecule has 2 aromatic heterocycles. The van der Waals surface area contributed by atoms with Gasteiger partial charge in [0, 0.05) is 24.7 Å². The van der Waals surface area contributed by atoms with E-state index in [9.17, 15) is 18.0 Å². The van der Waals surface area contributed by atoms with Crippen LogP contribution in [0.25, 0.3) is 22.3 Å². The Morgan fingerprint density at radius 1 is 0.932 bits per heavy atom. The second-order valence-corrected chi connectivity index (χ2v) is 11.4. The molecule has 0 unspecified atom stereocenters. The van der Waals surface area contributed by atoms with Crippen molar-refractivity contribution >= 4 is 16.6 Å². The number of pyridine rings is 1. The number of anilines is 1. The van der Waals surface area contributed by atoms with Crippen molar-refractivity contribution in [2.75, 3.05) is 31.2 Å². The zero-order valence-corrected chi connectivity index (χ0v) is 24.4. The third-order valence-electron chi connectivity index (χ3n) is 8.29. The van der Waals surface area contributed by atoms with Crippen LogP contribution in [0.3, 0.4) is 0 Å². The average Bonchev–Trinajstić information content (AvgIpc) is 3.53. The predicted octanol–water partition coefficient (Wildman–Crippen LogP) is 6.98. The summed E-state index contributed by atoms with van der Waals surface area (Å²) in [6.07, 6.45) is -2.91. The van der Waals surface area contributed by atoms with E-state index in [1.807, 2.05) is 49.1 Å². The number of benzene rings is 3. The molecule has 1 aliphatic rings. The molecule has 1 atom stereocenters. The lowest BCUT2D eigenvalue weighted by atomic mass is 9.84. The van der Waals surface area contributed by atoms with Crippen LogP contribution in [0, 0.1) is 5.82 Å². The van der Waals surface area contributed by atoms with Crippen molar-refractivity contribution in [1.29, 1.82) is 0 Å². The largest absolute Gasteiger partial charge is 0.416 e. The van der Waals surface area contributed by atoms with Gasteiger partial charge in [0.2, 0.25) is 17.1 Å². The van der Waals surface area contributed by atoms with Crippen LogP contribution in [0.1, 0.15) is 49.4 Å². The molecule has 0 radical (unpaired) electrons. The Hall–Kier alpha value is -4.51. The minimum atomic E-state index is -4.48. The van der Waals surface area contributed by atoms with Crippen molar-refractivity contribution in [1.82, 2.24) is 14.7 Å². The second-order valence-electron chi connectivity index (χ2n) is 11.4. The highest BCUT2D eigenvalue weighted by atomic mass is 19.4. The predicted molar refractivity (Wildman–Crippen MR) is 158 cm³/mol. The van der Waals surface area contributed by atoms with Crippen LogP contribution in [0.4, 0.5) is 23.2 Å². The molecule has 0 aliphatic carbocycles. The van der Waals surface area contributed by atoms with Crippen LogP contribution in [0.15, 0.2) is 82.2 Å². The average molecular weight is 607 g/mol. The van der Waals surface area contributed by atoms with Gasteiger partial charge in [-0.1, -0.05) is 47.6 Å². The number of alkyl halides is 3. The summed E-state index contributed by atoms with van der Waals surface area (Å²) in [4.78, 5) is 20.3. The van der Waals surface area contributed by atoms with Crippen LogP contribution in [0.5, 0.6) is 0 Å². The van der Waals surface area contributed by atoms with Crippen molar-refractivity contribution in [2.45, 2.75) is 38.4 Å². The fourth-order valence-corrected chi connectivity index (χ4v) is 5.56. The molecule has 5 aromatic rings. The third kappa shape index (κ3) is 5.36. The summed E-state index contributed by atoms with van der Waals surface area (Å²) < 4.78 is 68.2. The van der Waals surface area contributed by atoms with Crippen molar-refractivity contribution in [3.63, 3.8) is 0 Å². The molecule has 0 spiro atoms. The Labute approximate surface area is 250 Å². The fourth-order valence-electron chi connectivity index (χ4n) is 5.56. The first kappa shape index (κ1) is 29.6. The van der Waals surface area contributed by atoms with Gasteiger partial charge in [-0.25, -0.2) is 4.39 Å². The van der Waals surface area contributed by atoms with E-state index >= 15 is 4.39 Å². The molecule has 0 saturated carbocycles. The smallest absolute Gasteiger partial charge is 0.378 e. The number of hydrogen-bond donors (Lipinski definition) is 0. The molecule has 0 amide bonds. The van der Waals surface area contributed by atoms with E-state index in [0.29, 0.717) is 43.1 Å². The maximum atomic E-state index is 15.6. The zero-order chi connectivity index (χ0) is 31.2. The van der Waals surface area contributed by atoms with Gasteiger partial charge in [0.1, 0.15) is 5.82 Å². The molecule has 228 valence electrons. The Balaban J connectivity index is 1.51. The topological polar surface area (TPSA) is 73.4 Å². The van der Waals surface area contributed by atoms with Crippen molar-refractivity contribution < 1.29 is 26.8 Å². The van der Waals surface area contributed by atoms with Gasteiger partial charge in [0.25, 0.3) is 0 Å². The molecule has 44 heavy (non-hydrogen) atoms. The van der Waals surface area contributed by atoms with Gasteiger partial charge >= 0.3 is 6.18 Å². The first-order chi connectivity index (χ1) is 20.9. The molecular formula is C33H30F4N4O3. The number of aromatic nitrogens is 3. The Bertz CT molecular complexity index is 1860. The van der Waals surface area contributed by atoms with Gasteiger partial charge in [0.05, 0.1) is 47.0 Å². The molecule has 3 heterocycles. The van der Waals surface area contributed by atoms with E-state index in [1.54, 1.807) is 23.8 Å². The zero-order valence-electron chi connectivity index (χ0n) is 24.4. The van der Waals surface area contributed by atoms with Crippen LogP contribution < -0.4 is 10.3 Å². The van der Waals surface area contributed by atoms with Gasteiger partial charge in [0.15, 0.2) is 0 Å². The summed E-state index contributed by atoms with van der Waals surface area (Å²) in [6.45, 7) is 7.47. The highest BCUT2D eigenvalue weighted by molar-refractivity contribution is 5.86. The van der Waals surface area contributed by atoms with E-state index < -0.39 is 34.4 Å². The Morgan fingerprint density at radius 3 is 2.27 bits per heavy atom. The highest BCUT2D eigenvalue weighted by Crippen LogP contribution is 2.35. The number of nitrogens with zero attached hydrogens (tertiary/aromatic N) is 4. The summed E-state index contributed by atoms with van der Waals surface area (Å²) in [5, 5.41) is 4.22. The third-order valence-corrected chi connectivity index (χ3v) is 8.29. The number of hydrogen-bond acceptors (Lipinski definition) is 6. The monoisotopic (exact) mass is 606 g/mol. The van der Waals surface area contributed by atoms with Crippen molar-refractivity contribution in [2.24, 2.45) is 0 Å². The van der Waals surface area contributed by atoms with E-state index in [1.165, 1.54) is 18.2 Å². The van der Waals surface area contributed by atoms with Gasteiger partial charge in [-0.05, 0) is 56.2 Å². The minimum absolute atomic E-state index is 0.0296. The molecule has 7 nitrogen and oxygen atoms in total. The van der Waals surface area contributed by atoms with E-state index in [2.05, 4.69) is 10.1 Å². The summed E-state index contributed by atoms with van der Waals surface area (Å²) in [7, 11) is 0. The van der Waals surface area contributed by atoms with E-state index in [-0.39, 0.29) is 22.7 Å². The lowest BCUT2D eigenvalue weighted by Gasteiger charge is -2.30. The first-order valence-corrected chi connectivity index (χ1v) is 14.2. The normalized spacial score (nSPS) is 15.1. The number of ether oxygens (including phenoxy) is 1. The Morgan fingerprint density at radius 2 is 1.61 bits per heavy atom. The molecule has 6 rings (SSSR count). The molecule has 1 aliphatic heterocycles. The first-order valence-electron chi connectivity index (χ1n) is 14.2. The molecule has 0 bridgehead atoms. The summed E-state index contributed by atoms with van der Waals surface area (Å²) in [6, 6.07) is 16.7. The number of rotatable bonds is 6. The van der Waals surface area contributed by atoms with Gasteiger partial charge in [-0.3, -0.25) is 4.79 Å². The van der Waals surface area contributed by atoms with Crippen molar-refractivity contribution in [3.05, 3.63) is 112 Å². The molecule has 1 saturated heterocycles. The molecule has 11 heteroatoms. The fraction of sp³-hybridized carbons (Fsp3) is 0.303. The molecule has 1 fully saturated rings. The standard InChI is InChI=1S/C33H30F4N4O3/c1-20(21-9-11-23(12-10-21)33(35,36)37)41-19-25(30-38-31(44-39-30)32(2,3)22-7-5-4-6-8-22)29(42)24-17-26(34)28(18-27(24)41)40-13-15-43-16-14-40/h4-12,17-20H,13-16H2,1-3H3/t20-/m0/s1. The van der Waals surface area contributed by atoms with Crippen molar-refractivity contribution in [3.8, 4) is 11.4 Å². The quantitative estimate of drug-likeness (QED) is 0.194. The SMILES string of the molecule is C[C@@H](c1ccc(C(F)(F)F)cc1)n1cc(-c2noc(C(C)(C)c3ccccc3)n2)c(=O)c2cc(F)c(N3CCOCC3)cc21. The lowest BCUT2D eigenvalue weighted by molar-refractivity contribution is -0.137. The number of fused-ring (bicyclic) bond motifs is 1. The maximum Gasteiger partial charge on any atom is 0.416 e. The van der Waals surface area contributed by atoms with Gasteiger partial charge in [-0.2, -0.15) is 18.2 Å². The van der Waals surface area contributed by atoms with E-state index in [0.717, 1.165) is 17.7 Å². The number of halogens is 4. The molecule has 0 N–H and O–H groups in total. The Kier molecular flexibility index (Phi) is 7.53. The summed E-state index contributed by atoms with van der Waals surface area (Å²) in [5.41, 5.74) is 0.368. The lowest BCUT2D eigenvalue weighted by Crippen LogP contribution is -2.36. The minimum Gasteiger partial charge on any atom is -0.378 e.